The molecular weight excluding hydrogens is 154 g/mol. The van der Waals surface area contributed by atoms with Crippen molar-refractivity contribution in [3.05, 3.63) is 29.8 Å². The Morgan fingerprint density at radius 1 is 1.33 bits per heavy atom. The molecule has 3 N–H and O–H groups in total. The second-order valence-corrected chi connectivity index (χ2v) is 2.63. The number of aromatic hydroxyl groups is 1. The van der Waals surface area contributed by atoms with Gasteiger partial charge in [-0.05, 0) is 24.1 Å². The summed E-state index contributed by atoms with van der Waals surface area (Å²) in [4.78, 5) is 10.4. The van der Waals surface area contributed by atoms with Crippen molar-refractivity contribution in [3.8, 4) is 5.75 Å². The number of carbonyl (C=O) groups is 1. The lowest BCUT2D eigenvalue weighted by molar-refractivity contribution is -0.117. The number of aryl methyl sites for hydroxylation is 1. The molecule has 64 valence electrons. The van der Waals surface area contributed by atoms with E-state index < -0.39 is 0 Å². The van der Waals surface area contributed by atoms with E-state index in [1.165, 1.54) is 0 Å². The standard InChI is InChI=1S/C9H11NO2/c10-9(12)6-3-7-1-4-8(11)5-2-7/h1-2,4-5,11H,3,6H2,(H2,10,12). The van der Waals surface area contributed by atoms with Gasteiger partial charge in [-0.2, -0.15) is 0 Å². The Morgan fingerprint density at radius 3 is 2.42 bits per heavy atom. The van der Waals surface area contributed by atoms with Gasteiger partial charge in [0.2, 0.25) is 5.91 Å². The number of nitrogens with two attached hydrogens (primary N) is 1. The Hall–Kier alpha value is -1.51. The van der Waals surface area contributed by atoms with Gasteiger partial charge in [0.1, 0.15) is 5.75 Å². The maximum absolute atomic E-state index is 10.4. The Bertz CT molecular complexity index is 266. The lowest BCUT2D eigenvalue weighted by Gasteiger charge is -1.98. The van der Waals surface area contributed by atoms with Gasteiger partial charge in [-0.25, -0.2) is 0 Å². The lowest BCUT2D eigenvalue weighted by Crippen LogP contribution is -2.10. The normalized spacial score (nSPS) is 9.67. The van der Waals surface area contributed by atoms with E-state index in [1.54, 1.807) is 24.3 Å². The Morgan fingerprint density at radius 2 is 1.92 bits per heavy atom. The van der Waals surface area contributed by atoms with Crippen LogP contribution in [0.15, 0.2) is 24.3 Å². The first-order valence-electron chi connectivity index (χ1n) is 3.74. The number of primary amides is 1. The van der Waals surface area contributed by atoms with Crippen LogP contribution in [0.5, 0.6) is 5.75 Å². The number of hydrogen-bond donors (Lipinski definition) is 2. The molecule has 0 spiro atoms. The van der Waals surface area contributed by atoms with E-state index in [9.17, 15) is 4.79 Å². The highest BCUT2D eigenvalue weighted by atomic mass is 16.3. The molecule has 0 fully saturated rings. The third kappa shape index (κ3) is 2.62. The number of hydrogen-bond acceptors (Lipinski definition) is 2. The van der Waals surface area contributed by atoms with Crippen molar-refractivity contribution < 1.29 is 9.90 Å². The molecule has 3 nitrogen and oxygen atoms in total. The Balaban J connectivity index is 2.53. The number of carbonyl (C=O) groups excluding carboxylic acids is 1. The maximum Gasteiger partial charge on any atom is 0.217 e. The zero-order valence-corrected chi connectivity index (χ0v) is 6.66. The predicted molar refractivity (Wildman–Crippen MR) is 45.6 cm³/mol. The van der Waals surface area contributed by atoms with Gasteiger partial charge in [-0.1, -0.05) is 12.1 Å². The van der Waals surface area contributed by atoms with Crippen LogP contribution in [0, 0.1) is 0 Å². The zero-order valence-electron chi connectivity index (χ0n) is 6.66. The molecule has 0 saturated carbocycles. The summed E-state index contributed by atoms with van der Waals surface area (Å²) in [5.74, 6) is -0.0686. The summed E-state index contributed by atoms with van der Waals surface area (Å²) in [5.41, 5.74) is 5.99. The molecule has 1 aromatic rings. The minimum Gasteiger partial charge on any atom is -0.508 e. The quantitative estimate of drug-likeness (QED) is 0.696. The van der Waals surface area contributed by atoms with Gasteiger partial charge in [-0.3, -0.25) is 4.79 Å². The molecular formula is C9H11NO2. The van der Waals surface area contributed by atoms with Gasteiger partial charge >= 0.3 is 0 Å². The van der Waals surface area contributed by atoms with E-state index in [1.807, 2.05) is 0 Å². The molecule has 1 rings (SSSR count). The Labute approximate surface area is 70.8 Å². The van der Waals surface area contributed by atoms with E-state index in [0.717, 1.165) is 5.56 Å². The predicted octanol–water partition coefficient (Wildman–Crippen LogP) is 0.810. The topological polar surface area (TPSA) is 63.3 Å². The maximum atomic E-state index is 10.4. The third-order valence-corrected chi connectivity index (χ3v) is 1.60. The number of amides is 1. The summed E-state index contributed by atoms with van der Waals surface area (Å²) in [5, 5.41) is 8.94. The van der Waals surface area contributed by atoms with Crippen LogP contribution < -0.4 is 5.73 Å². The van der Waals surface area contributed by atoms with Crippen LogP contribution in [0.1, 0.15) is 12.0 Å². The van der Waals surface area contributed by atoms with E-state index in [4.69, 9.17) is 10.8 Å². The Kier molecular flexibility index (Phi) is 2.69. The van der Waals surface area contributed by atoms with Crippen LogP contribution in [0.25, 0.3) is 0 Å². The first kappa shape index (κ1) is 8.59. The van der Waals surface area contributed by atoms with E-state index in [-0.39, 0.29) is 11.7 Å². The molecule has 0 unspecified atom stereocenters. The van der Waals surface area contributed by atoms with Gasteiger partial charge < -0.3 is 10.8 Å². The highest BCUT2D eigenvalue weighted by Gasteiger charge is 1.96. The number of phenolic OH excluding ortho intramolecular Hbond substituents is 1. The molecule has 12 heavy (non-hydrogen) atoms. The van der Waals surface area contributed by atoms with Crippen LogP contribution in [-0.4, -0.2) is 11.0 Å². The molecule has 0 aromatic heterocycles. The highest BCUT2D eigenvalue weighted by Crippen LogP contribution is 2.10. The van der Waals surface area contributed by atoms with Crippen molar-refractivity contribution in [2.75, 3.05) is 0 Å². The number of benzene rings is 1. The number of rotatable bonds is 3. The van der Waals surface area contributed by atoms with E-state index in [2.05, 4.69) is 0 Å². The minimum atomic E-state index is -0.303. The van der Waals surface area contributed by atoms with Crippen molar-refractivity contribution in [1.29, 1.82) is 0 Å². The van der Waals surface area contributed by atoms with Gasteiger partial charge in [0.15, 0.2) is 0 Å². The van der Waals surface area contributed by atoms with Crippen molar-refractivity contribution in [1.82, 2.24) is 0 Å². The van der Waals surface area contributed by atoms with Crippen LogP contribution in [-0.2, 0) is 11.2 Å². The average molecular weight is 165 g/mol. The molecule has 1 aromatic carbocycles. The lowest BCUT2D eigenvalue weighted by atomic mass is 10.1. The summed E-state index contributed by atoms with van der Waals surface area (Å²) in [6, 6.07) is 6.74. The smallest absolute Gasteiger partial charge is 0.217 e. The van der Waals surface area contributed by atoms with Crippen molar-refractivity contribution >= 4 is 5.91 Å². The molecule has 0 aliphatic carbocycles. The highest BCUT2D eigenvalue weighted by molar-refractivity contribution is 5.73. The van der Waals surface area contributed by atoms with Gasteiger partial charge in [0.05, 0.1) is 0 Å². The summed E-state index contributed by atoms with van der Waals surface area (Å²) in [6.45, 7) is 0. The molecule has 3 heteroatoms. The fourth-order valence-electron chi connectivity index (χ4n) is 0.930. The minimum absolute atomic E-state index is 0.234. The monoisotopic (exact) mass is 165 g/mol. The van der Waals surface area contributed by atoms with Gasteiger partial charge in [0.25, 0.3) is 0 Å². The van der Waals surface area contributed by atoms with Crippen LogP contribution in [0.3, 0.4) is 0 Å². The van der Waals surface area contributed by atoms with Crippen molar-refractivity contribution in [3.63, 3.8) is 0 Å². The zero-order chi connectivity index (χ0) is 8.97. The van der Waals surface area contributed by atoms with Crippen molar-refractivity contribution in [2.45, 2.75) is 12.8 Å². The fraction of sp³-hybridized carbons (Fsp3) is 0.222. The van der Waals surface area contributed by atoms with Crippen molar-refractivity contribution in [2.24, 2.45) is 5.73 Å². The first-order chi connectivity index (χ1) is 5.68. The molecule has 1 amide bonds. The van der Waals surface area contributed by atoms with Crippen LogP contribution >= 0.6 is 0 Å². The summed E-state index contributed by atoms with van der Waals surface area (Å²) in [7, 11) is 0. The molecule has 0 aliphatic heterocycles. The van der Waals surface area contributed by atoms with Gasteiger partial charge in [-0.15, -0.1) is 0 Å². The van der Waals surface area contributed by atoms with Crippen LogP contribution in [0.2, 0.25) is 0 Å². The van der Waals surface area contributed by atoms with E-state index in [0.29, 0.717) is 12.8 Å². The second-order valence-electron chi connectivity index (χ2n) is 2.63. The third-order valence-electron chi connectivity index (χ3n) is 1.60. The SMILES string of the molecule is NC(=O)CCc1ccc(O)cc1. The van der Waals surface area contributed by atoms with Crippen LogP contribution in [0.4, 0.5) is 0 Å². The largest absolute Gasteiger partial charge is 0.508 e. The molecule has 0 atom stereocenters. The fourth-order valence-corrected chi connectivity index (χ4v) is 0.930. The van der Waals surface area contributed by atoms with Gasteiger partial charge in [0, 0.05) is 6.42 Å². The molecule has 0 radical (unpaired) electrons. The summed E-state index contributed by atoms with van der Waals surface area (Å²) in [6.07, 6.45) is 0.986. The molecule has 0 bridgehead atoms. The first-order valence-corrected chi connectivity index (χ1v) is 3.74. The number of phenols is 1. The molecule has 0 heterocycles. The summed E-state index contributed by atoms with van der Waals surface area (Å²) < 4.78 is 0. The summed E-state index contributed by atoms with van der Waals surface area (Å²) >= 11 is 0. The molecule has 0 aliphatic rings. The molecule has 0 saturated heterocycles. The second kappa shape index (κ2) is 3.76. The van der Waals surface area contributed by atoms with E-state index >= 15 is 0 Å². The average Bonchev–Trinajstić information content (AvgIpc) is 2.03.